The molecule has 2 rings (SSSR count). The number of aryl methyl sites for hydroxylation is 1. The molecule has 0 aliphatic rings. The van der Waals surface area contributed by atoms with Crippen LogP contribution >= 0.6 is 11.3 Å². The maximum absolute atomic E-state index is 5.46. The Balaban J connectivity index is 2.42. The second-order valence-electron chi connectivity index (χ2n) is 3.73. The Hall–Kier alpha value is -1.16. The van der Waals surface area contributed by atoms with Crippen LogP contribution in [0.2, 0.25) is 0 Å². The Morgan fingerprint density at radius 3 is 2.64 bits per heavy atom. The van der Waals surface area contributed by atoms with Gasteiger partial charge in [0, 0.05) is 11.8 Å². The first-order valence-electron chi connectivity index (χ1n) is 4.45. The Morgan fingerprint density at radius 2 is 2.14 bits per heavy atom. The molecule has 0 aromatic carbocycles. The minimum Gasteiger partial charge on any atom is -0.425 e. The Morgan fingerprint density at radius 1 is 1.36 bits per heavy atom. The van der Waals surface area contributed by atoms with Crippen molar-refractivity contribution in [3.8, 4) is 0 Å². The average molecular weight is 208 g/mol. The van der Waals surface area contributed by atoms with E-state index in [1.807, 2.05) is 6.07 Å². The number of hydrogen-bond donors (Lipinski definition) is 0. The summed E-state index contributed by atoms with van der Waals surface area (Å²) in [7, 11) is 0. The van der Waals surface area contributed by atoms with Crippen molar-refractivity contribution in [2.24, 2.45) is 0 Å². The normalized spacial score (nSPS) is 11.9. The average Bonchev–Trinajstić information content (AvgIpc) is 2.72. The predicted octanol–water partition coefficient (Wildman–Crippen LogP) is 2.77. The third kappa shape index (κ3) is 1.46. The minimum absolute atomic E-state index is 0.185. The summed E-state index contributed by atoms with van der Waals surface area (Å²) < 4.78 is 5.46. The van der Waals surface area contributed by atoms with Crippen LogP contribution in [0.3, 0.4) is 0 Å². The molecule has 2 heterocycles. The fourth-order valence-electron chi connectivity index (χ4n) is 1.29. The molecule has 0 atom stereocenters. The minimum atomic E-state index is -0.185. The zero-order valence-electron chi connectivity index (χ0n) is 8.44. The van der Waals surface area contributed by atoms with Crippen molar-refractivity contribution in [3.05, 3.63) is 34.2 Å². The van der Waals surface area contributed by atoms with Gasteiger partial charge in [-0.15, -0.1) is 21.5 Å². The second kappa shape index (κ2) is 3.20. The van der Waals surface area contributed by atoms with Gasteiger partial charge in [-0.3, -0.25) is 0 Å². The van der Waals surface area contributed by atoms with E-state index in [0.29, 0.717) is 11.8 Å². The summed E-state index contributed by atoms with van der Waals surface area (Å²) >= 11 is 1.71. The number of hydrogen-bond acceptors (Lipinski definition) is 4. The van der Waals surface area contributed by atoms with E-state index in [4.69, 9.17) is 4.42 Å². The molecule has 14 heavy (non-hydrogen) atoms. The van der Waals surface area contributed by atoms with Gasteiger partial charge in [-0.05, 0) is 25.3 Å². The smallest absolute Gasteiger partial charge is 0.227 e. The molecule has 0 amide bonds. The lowest BCUT2D eigenvalue weighted by Crippen LogP contribution is -2.17. The summed E-state index contributed by atoms with van der Waals surface area (Å²) in [5.41, 5.74) is -0.185. The molecule has 2 aromatic rings. The molecule has 0 saturated carbocycles. The maximum Gasteiger partial charge on any atom is 0.227 e. The molecule has 4 heteroatoms. The molecule has 0 spiro atoms. The Bertz CT molecular complexity index is 417. The maximum atomic E-state index is 5.46. The predicted molar refractivity (Wildman–Crippen MR) is 55.5 cm³/mol. The number of aromatic nitrogens is 2. The van der Waals surface area contributed by atoms with Crippen molar-refractivity contribution < 1.29 is 4.42 Å². The van der Waals surface area contributed by atoms with Crippen molar-refractivity contribution in [1.82, 2.24) is 10.2 Å². The van der Waals surface area contributed by atoms with Gasteiger partial charge in [-0.25, -0.2) is 0 Å². The van der Waals surface area contributed by atoms with Gasteiger partial charge in [-0.2, -0.15) is 0 Å². The summed E-state index contributed by atoms with van der Waals surface area (Å²) in [6, 6.07) is 4.12. The third-order valence-electron chi connectivity index (χ3n) is 2.20. The van der Waals surface area contributed by atoms with Gasteiger partial charge in [0.2, 0.25) is 11.8 Å². The van der Waals surface area contributed by atoms with Crippen LogP contribution in [0, 0.1) is 6.92 Å². The van der Waals surface area contributed by atoms with Gasteiger partial charge in [0.1, 0.15) is 0 Å². The summed E-state index contributed by atoms with van der Waals surface area (Å²) in [4.78, 5) is 1.24. The van der Waals surface area contributed by atoms with Gasteiger partial charge in [0.05, 0.1) is 5.41 Å². The molecule has 74 valence electrons. The highest BCUT2D eigenvalue weighted by atomic mass is 32.1. The fraction of sp³-hybridized carbons (Fsp3) is 0.400. The van der Waals surface area contributed by atoms with Crippen LogP contribution in [-0.2, 0) is 5.41 Å². The van der Waals surface area contributed by atoms with Crippen LogP contribution < -0.4 is 0 Å². The van der Waals surface area contributed by atoms with Crippen LogP contribution in [0.1, 0.15) is 30.5 Å². The first kappa shape index (κ1) is 9.40. The molecule has 0 radical (unpaired) electrons. The lowest BCUT2D eigenvalue weighted by atomic mass is 9.91. The highest BCUT2D eigenvalue weighted by Gasteiger charge is 2.29. The van der Waals surface area contributed by atoms with E-state index in [-0.39, 0.29) is 5.41 Å². The zero-order valence-corrected chi connectivity index (χ0v) is 9.26. The van der Waals surface area contributed by atoms with Gasteiger partial charge in [0.25, 0.3) is 0 Å². The molecule has 0 unspecified atom stereocenters. The Labute approximate surface area is 86.8 Å². The quantitative estimate of drug-likeness (QED) is 0.761. The first-order valence-corrected chi connectivity index (χ1v) is 5.33. The van der Waals surface area contributed by atoms with E-state index >= 15 is 0 Å². The lowest BCUT2D eigenvalue weighted by Gasteiger charge is -2.17. The van der Waals surface area contributed by atoms with Crippen LogP contribution in [0.15, 0.2) is 21.9 Å². The molecule has 0 saturated heterocycles. The molecule has 0 fully saturated rings. The summed E-state index contributed by atoms with van der Waals surface area (Å²) in [5, 5.41) is 9.97. The number of rotatable bonds is 2. The topological polar surface area (TPSA) is 38.9 Å². The van der Waals surface area contributed by atoms with Crippen molar-refractivity contribution in [2.45, 2.75) is 26.2 Å². The van der Waals surface area contributed by atoms with E-state index < -0.39 is 0 Å². The van der Waals surface area contributed by atoms with Crippen LogP contribution in [0.5, 0.6) is 0 Å². The first-order chi connectivity index (χ1) is 6.60. The van der Waals surface area contributed by atoms with Gasteiger partial charge in [0.15, 0.2) is 0 Å². The van der Waals surface area contributed by atoms with Crippen LogP contribution in [0.4, 0.5) is 0 Å². The van der Waals surface area contributed by atoms with Crippen molar-refractivity contribution in [2.75, 3.05) is 0 Å². The highest BCUT2D eigenvalue weighted by molar-refractivity contribution is 7.10. The largest absolute Gasteiger partial charge is 0.425 e. The van der Waals surface area contributed by atoms with E-state index in [9.17, 15) is 0 Å². The highest BCUT2D eigenvalue weighted by Crippen LogP contribution is 2.33. The van der Waals surface area contributed by atoms with E-state index in [1.165, 1.54) is 4.88 Å². The monoisotopic (exact) mass is 208 g/mol. The van der Waals surface area contributed by atoms with Crippen molar-refractivity contribution in [1.29, 1.82) is 0 Å². The standard InChI is InChI=1S/C10H12N2OS/c1-7-11-12-9(13-7)10(2,3)8-5-4-6-14-8/h4-6H,1-3H3. The second-order valence-corrected chi connectivity index (χ2v) is 4.68. The van der Waals surface area contributed by atoms with Crippen molar-refractivity contribution >= 4 is 11.3 Å². The van der Waals surface area contributed by atoms with Gasteiger partial charge < -0.3 is 4.42 Å². The van der Waals surface area contributed by atoms with E-state index in [1.54, 1.807) is 18.3 Å². The molecule has 3 nitrogen and oxygen atoms in total. The van der Waals surface area contributed by atoms with Crippen LogP contribution in [0.25, 0.3) is 0 Å². The molecule has 0 aliphatic carbocycles. The molecule has 0 bridgehead atoms. The van der Waals surface area contributed by atoms with Crippen molar-refractivity contribution in [3.63, 3.8) is 0 Å². The molecule has 0 N–H and O–H groups in total. The third-order valence-corrected chi connectivity index (χ3v) is 3.39. The summed E-state index contributed by atoms with van der Waals surface area (Å²) in [5.74, 6) is 1.29. The lowest BCUT2D eigenvalue weighted by molar-refractivity contribution is 0.401. The number of nitrogens with zero attached hydrogens (tertiary/aromatic N) is 2. The molecule has 0 aliphatic heterocycles. The number of thiophene rings is 1. The molecular formula is C10H12N2OS. The Kier molecular flexibility index (Phi) is 2.15. The molecule has 2 aromatic heterocycles. The van der Waals surface area contributed by atoms with Gasteiger partial charge in [-0.1, -0.05) is 6.07 Å². The van der Waals surface area contributed by atoms with Crippen LogP contribution in [-0.4, -0.2) is 10.2 Å². The molecular weight excluding hydrogens is 196 g/mol. The van der Waals surface area contributed by atoms with E-state index in [2.05, 4.69) is 35.5 Å². The zero-order chi connectivity index (χ0) is 10.2. The summed E-state index contributed by atoms with van der Waals surface area (Å²) in [6.07, 6.45) is 0. The van der Waals surface area contributed by atoms with Gasteiger partial charge >= 0.3 is 0 Å². The van der Waals surface area contributed by atoms with E-state index in [0.717, 1.165) is 0 Å². The fourth-order valence-corrected chi connectivity index (χ4v) is 2.13. The summed E-state index contributed by atoms with van der Waals surface area (Å²) in [6.45, 7) is 5.98. The SMILES string of the molecule is Cc1nnc(C(C)(C)c2cccs2)o1.